The van der Waals surface area contributed by atoms with E-state index in [1.54, 1.807) is 21.1 Å². The number of phenolic OH excluding ortho intramolecular Hbond substituents is 2. The van der Waals surface area contributed by atoms with E-state index in [9.17, 15) is 25.5 Å². The molecular formula is C44H45N5O8. The van der Waals surface area contributed by atoms with Gasteiger partial charge in [-0.25, -0.2) is 4.79 Å². The monoisotopic (exact) mass is 771 g/mol. The Morgan fingerprint density at radius 1 is 0.789 bits per heavy atom. The van der Waals surface area contributed by atoms with Crippen LogP contribution < -0.4 is 24.3 Å². The molecule has 4 aromatic rings. The predicted molar refractivity (Wildman–Crippen MR) is 209 cm³/mol. The van der Waals surface area contributed by atoms with Crippen LogP contribution in [0.15, 0.2) is 48.5 Å². The number of piperazine rings is 1. The molecule has 3 aliphatic heterocycles. The van der Waals surface area contributed by atoms with E-state index >= 15 is 0 Å². The molecule has 13 heteroatoms. The van der Waals surface area contributed by atoms with E-state index in [2.05, 4.69) is 41.7 Å². The molecule has 3 heterocycles. The maximum atomic E-state index is 13.8. The van der Waals surface area contributed by atoms with Crippen molar-refractivity contribution in [3.63, 3.8) is 0 Å². The molecular weight excluding hydrogens is 727 g/mol. The third-order valence-corrected chi connectivity index (χ3v) is 12.5. The van der Waals surface area contributed by atoms with Crippen LogP contribution in [-0.2, 0) is 17.6 Å². The molecule has 0 aromatic heterocycles. The van der Waals surface area contributed by atoms with Gasteiger partial charge in [0.25, 0.3) is 0 Å². The van der Waals surface area contributed by atoms with Crippen molar-refractivity contribution in [3.05, 3.63) is 93.0 Å². The number of carbonyl (C=O) groups is 1. The Morgan fingerprint density at radius 2 is 1.32 bits per heavy atom. The molecule has 1 fully saturated rings. The molecule has 13 nitrogen and oxygen atoms in total. The number of hydrogen-bond donors (Lipinski definition) is 3. The van der Waals surface area contributed by atoms with Gasteiger partial charge in [0.15, 0.2) is 23.0 Å². The summed E-state index contributed by atoms with van der Waals surface area (Å²) in [6.07, 6.45) is -0.119. The van der Waals surface area contributed by atoms with Gasteiger partial charge in [-0.1, -0.05) is 48.5 Å². The number of aromatic hydroxyl groups is 2. The Balaban J connectivity index is 1.22. The number of methoxy groups -OCH3 is 4. The van der Waals surface area contributed by atoms with Crippen LogP contribution in [0.5, 0.6) is 34.5 Å². The Kier molecular flexibility index (Phi) is 9.76. The molecule has 57 heavy (non-hydrogen) atoms. The van der Waals surface area contributed by atoms with Crippen LogP contribution in [-0.4, -0.2) is 92.4 Å². The highest BCUT2D eigenvalue weighted by Gasteiger charge is 2.58. The van der Waals surface area contributed by atoms with Gasteiger partial charge in [0.1, 0.15) is 24.1 Å². The van der Waals surface area contributed by atoms with Gasteiger partial charge >= 0.3 is 6.09 Å². The van der Waals surface area contributed by atoms with Crippen molar-refractivity contribution in [1.82, 2.24) is 15.1 Å². The van der Waals surface area contributed by atoms with Crippen molar-refractivity contribution in [2.24, 2.45) is 0 Å². The van der Waals surface area contributed by atoms with Gasteiger partial charge in [0.2, 0.25) is 0 Å². The number of alkyl carbamates (subject to hydrolysis) is 1. The van der Waals surface area contributed by atoms with Gasteiger partial charge in [-0.15, -0.1) is 0 Å². The fraction of sp³-hybridized carbons (Fsp3) is 0.386. The van der Waals surface area contributed by atoms with Crippen LogP contribution in [0.3, 0.4) is 0 Å². The van der Waals surface area contributed by atoms with Crippen LogP contribution in [0.4, 0.5) is 4.79 Å². The van der Waals surface area contributed by atoms with Crippen molar-refractivity contribution in [1.29, 1.82) is 10.5 Å². The number of hydrogen-bond acceptors (Lipinski definition) is 12. The summed E-state index contributed by atoms with van der Waals surface area (Å²) in [5.41, 5.74) is 8.02. The average molecular weight is 772 g/mol. The van der Waals surface area contributed by atoms with Crippen LogP contribution in [0.2, 0.25) is 0 Å². The molecule has 294 valence electrons. The first-order valence-corrected chi connectivity index (χ1v) is 19.0. The average Bonchev–Trinajstić information content (AvgIpc) is 3.53. The molecule has 1 aliphatic carbocycles. The molecule has 4 aliphatic rings. The second-order valence-electron chi connectivity index (χ2n) is 14.9. The molecule has 3 N–H and O–H groups in total. The van der Waals surface area contributed by atoms with E-state index in [1.807, 2.05) is 41.0 Å². The lowest BCUT2D eigenvalue weighted by molar-refractivity contribution is -0.0787. The van der Waals surface area contributed by atoms with Crippen molar-refractivity contribution in [2.75, 3.05) is 48.1 Å². The first-order chi connectivity index (χ1) is 27.6. The molecule has 1 amide bonds. The fourth-order valence-electron chi connectivity index (χ4n) is 10.4. The van der Waals surface area contributed by atoms with Crippen LogP contribution >= 0.6 is 0 Å². The normalized spacial score (nSPS) is 21.7. The Hall–Kier alpha value is -6.15. The molecule has 2 bridgehead atoms. The van der Waals surface area contributed by atoms with E-state index in [0.717, 1.165) is 27.8 Å². The zero-order chi connectivity index (χ0) is 40.3. The lowest BCUT2D eigenvalue weighted by Gasteiger charge is -2.60. The zero-order valence-corrected chi connectivity index (χ0v) is 32.8. The molecule has 5 atom stereocenters. The summed E-state index contributed by atoms with van der Waals surface area (Å²) < 4.78 is 29.3. The van der Waals surface area contributed by atoms with Gasteiger partial charge in [-0.3, -0.25) is 9.80 Å². The molecule has 0 radical (unpaired) electrons. The summed E-state index contributed by atoms with van der Waals surface area (Å²) in [6, 6.07) is 17.7. The number of ether oxygens (including phenoxy) is 5. The summed E-state index contributed by atoms with van der Waals surface area (Å²) >= 11 is 0. The second-order valence-corrected chi connectivity index (χ2v) is 14.9. The number of nitrogens with zero attached hydrogens (tertiary/aromatic N) is 4. The summed E-state index contributed by atoms with van der Waals surface area (Å²) in [4.78, 5) is 17.8. The second kappa shape index (κ2) is 14.7. The summed E-state index contributed by atoms with van der Waals surface area (Å²) in [5, 5.41) is 48.2. The quantitative estimate of drug-likeness (QED) is 0.171. The first-order valence-electron chi connectivity index (χ1n) is 19.0. The summed E-state index contributed by atoms with van der Waals surface area (Å²) in [6.45, 7) is 3.64. The summed E-state index contributed by atoms with van der Waals surface area (Å²) in [5.74, 6) is 1.20. The highest BCUT2D eigenvalue weighted by Crippen LogP contribution is 2.59. The Bertz CT molecular complexity index is 2320. The number of nitriles is 2. The van der Waals surface area contributed by atoms with E-state index in [-0.39, 0.29) is 61.5 Å². The third-order valence-electron chi connectivity index (χ3n) is 12.5. The van der Waals surface area contributed by atoms with Crippen molar-refractivity contribution in [2.45, 2.75) is 62.8 Å². The maximum Gasteiger partial charge on any atom is 0.407 e. The zero-order valence-electron chi connectivity index (χ0n) is 32.8. The number of carbonyl (C=O) groups excluding carboxylic acids is 1. The first kappa shape index (κ1) is 37.8. The minimum Gasteiger partial charge on any atom is -0.504 e. The van der Waals surface area contributed by atoms with Gasteiger partial charge in [-0.2, -0.15) is 10.5 Å². The predicted octanol–water partition coefficient (Wildman–Crippen LogP) is 5.95. The largest absolute Gasteiger partial charge is 0.504 e. The van der Waals surface area contributed by atoms with E-state index in [4.69, 9.17) is 23.7 Å². The number of nitrogens with one attached hydrogen (secondary N) is 1. The topological polar surface area (TPSA) is 170 Å². The number of fused-ring (bicyclic) bond motifs is 10. The maximum absolute atomic E-state index is 13.8. The van der Waals surface area contributed by atoms with Crippen molar-refractivity contribution >= 4 is 6.09 Å². The SMILES string of the molecule is COc1c(C)c(OC)c2c(c1O)C(CNC(=O)OCC1c3ccccc3-c3ccccc31)N1[C@@H](C#N)[C@@H]3Cc4c(OC)c(C)c(OC)c(O)c4[C@H]([C@@H]1C2)N3CC#N. The molecule has 4 aromatic carbocycles. The standard InChI is InChI=1S/C44H45N5O8/c1-22-40(53-3)28-18-32-37-36-29(41(54-4)23(2)43(56-6)39(36)51)17-31(48(37)16-15-45)33(19-46)49(32)34(35(28)38(50)42(22)55-5)20-47-44(52)57-21-30-26-13-9-7-11-24(26)25-12-8-10-14-27(25)30/h7-14,30-34,37,50-51H,16-18,20-21H2,1-6H3,(H,47,52)/t31-,32-,33-,34?,37-/m0/s1. The molecule has 1 saturated heterocycles. The lowest BCUT2D eigenvalue weighted by Crippen LogP contribution is -2.69. The highest BCUT2D eigenvalue weighted by atomic mass is 16.5. The Morgan fingerprint density at radius 3 is 1.86 bits per heavy atom. The van der Waals surface area contributed by atoms with E-state index < -0.39 is 36.3 Å². The number of phenols is 2. The van der Waals surface area contributed by atoms with Crippen LogP contribution in [0.25, 0.3) is 11.1 Å². The minimum absolute atomic E-state index is 0.0191. The van der Waals surface area contributed by atoms with Crippen molar-refractivity contribution in [3.8, 4) is 57.8 Å². The van der Waals surface area contributed by atoms with Crippen LogP contribution in [0, 0.1) is 36.5 Å². The highest BCUT2D eigenvalue weighted by molar-refractivity contribution is 5.79. The molecule has 0 saturated carbocycles. The third kappa shape index (κ3) is 5.59. The van der Waals surface area contributed by atoms with Crippen molar-refractivity contribution < 1.29 is 38.7 Å². The lowest BCUT2D eigenvalue weighted by atomic mass is 9.71. The van der Waals surface area contributed by atoms with Gasteiger partial charge in [0, 0.05) is 57.9 Å². The smallest absolute Gasteiger partial charge is 0.407 e. The Labute approximate surface area is 331 Å². The van der Waals surface area contributed by atoms with E-state index in [0.29, 0.717) is 39.3 Å². The molecule has 1 unspecified atom stereocenters. The van der Waals surface area contributed by atoms with Gasteiger partial charge in [0.05, 0.1) is 59.2 Å². The number of rotatable bonds is 9. The number of benzene rings is 4. The molecule has 0 spiro atoms. The van der Waals surface area contributed by atoms with Gasteiger partial charge in [-0.05, 0) is 48.9 Å². The summed E-state index contributed by atoms with van der Waals surface area (Å²) in [7, 11) is 6.06. The number of amides is 1. The van der Waals surface area contributed by atoms with Gasteiger partial charge < -0.3 is 39.2 Å². The minimum atomic E-state index is -0.831. The molecule has 8 rings (SSSR count). The van der Waals surface area contributed by atoms with Crippen LogP contribution in [0.1, 0.15) is 62.5 Å². The fourth-order valence-corrected chi connectivity index (χ4v) is 10.4. The van der Waals surface area contributed by atoms with E-state index in [1.165, 1.54) is 14.2 Å².